The number of aromatic nitrogens is 2. The van der Waals surface area contributed by atoms with Gasteiger partial charge < -0.3 is 9.72 Å². The summed E-state index contributed by atoms with van der Waals surface area (Å²) in [5, 5.41) is 0.407. The van der Waals surface area contributed by atoms with E-state index >= 15 is 0 Å². The van der Waals surface area contributed by atoms with E-state index in [1.54, 1.807) is 12.1 Å². The Bertz CT molecular complexity index is 1280. The molecule has 4 aromatic rings. The van der Waals surface area contributed by atoms with Crippen LogP contribution in [-0.4, -0.2) is 9.97 Å². The highest BCUT2D eigenvalue weighted by molar-refractivity contribution is 6.31. The van der Waals surface area contributed by atoms with E-state index in [4.69, 9.17) is 16.3 Å². The van der Waals surface area contributed by atoms with Gasteiger partial charge in [-0.3, -0.25) is 0 Å². The first kappa shape index (κ1) is 24.9. The van der Waals surface area contributed by atoms with Crippen LogP contribution in [0.4, 0.5) is 13.2 Å². The number of imidazole rings is 1. The quantitative estimate of drug-likeness (QED) is 0.310. The molecule has 0 fully saturated rings. The van der Waals surface area contributed by atoms with Gasteiger partial charge >= 0.3 is 6.18 Å². The second kappa shape index (κ2) is 9.27. The Hall–Kier alpha value is -2.70. The molecule has 1 N–H and O–H groups in total. The summed E-state index contributed by atoms with van der Waals surface area (Å²) in [5.74, 6) is 0.416. The summed E-state index contributed by atoms with van der Waals surface area (Å²) in [6, 6.07) is 16.5. The van der Waals surface area contributed by atoms with Crippen LogP contribution in [0.25, 0.3) is 22.4 Å². The second-order valence-electron chi connectivity index (χ2n) is 8.66. The molecule has 3 aromatic carbocycles. The van der Waals surface area contributed by atoms with Gasteiger partial charge in [-0.05, 0) is 53.4 Å². The maximum atomic E-state index is 13.2. The third-order valence-corrected chi connectivity index (χ3v) is 5.61. The molecule has 0 spiro atoms. The van der Waals surface area contributed by atoms with E-state index in [0.717, 1.165) is 22.7 Å². The first-order valence-corrected chi connectivity index (χ1v) is 10.5. The van der Waals surface area contributed by atoms with E-state index in [9.17, 15) is 13.2 Å². The summed E-state index contributed by atoms with van der Waals surface area (Å²) in [5.41, 5.74) is 3.46. The van der Waals surface area contributed by atoms with Crippen molar-refractivity contribution in [2.75, 3.05) is 0 Å². The maximum absolute atomic E-state index is 13.2. The summed E-state index contributed by atoms with van der Waals surface area (Å²) in [6.07, 6.45) is -4.50. The number of hydrogen-bond acceptors (Lipinski definition) is 2. The number of H-pyrrole nitrogens is 1. The standard InChI is InChI=1S/C25H22ClF3N2O.ClH/c1-24(2,3)17-9-11-20-21(13-17)31-23(30-20)15-8-10-19(26)16(12-15)14-32-22-7-5-4-6-18(22)25(27,28)29;/h4-13H,14H2,1-3H3,(H,30,31);1H. The van der Waals surface area contributed by atoms with Crippen LogP contribution in [0.1, 0.15) is 37.5 Å². The van der Waals surface area contributed by atoms with Crippen LogP contribution < -0.4 is 4.74 Å². The van der Waals surface area contributed by atoms with E-state index in [2.05, 4.69) is 42.9 Å². The van der Waals surface area contributed by atoms with Crippen LogP contribution in [0.15, 0.2) is 60.7 Å². The maximum Gasteiger partial charge on any atom is 0.419 e. The number of nitrogens with zero attached hydrogens (tertiary/aromatic N) is 1. The number of rotatable bonds is 4. The number of ether oxygens (including phenoxy) is 1. The van der Waals surface area contributed by atoms with Gasteiger partial charge in [-0.1, -0.05) is 50.6 Å². The van der Waals surface area contributed by atoms with E-state index < -0.39 is 11.7 Å². The lowest BCUT2D eigenvalue weighted by Crippen LogP contribution is -2.10. The average molecular weight is 495 g/mol. The Labute approximate surface area is 201 Å². The third-order valence-electron chi connectivity index (χ3n) is 5.24. The van der Waals surface area contributed by atoms with Crippen molar-refractivity contribution in [1.82, 2.24) is 9.97 Å². The molecule has 0 amide bonds. The molecule has 1 heterocycles. The Kier molecular flexibility index (Phi) is 7.01. The Morgan fingerprint density at radius 2 is 1.70 bits per heavy atom. The fourth-order valence-corrected chi connectivity index (χ4v) is 3.60. The van der Waals surface area contributed by atoms with Crippen molar-refractivity contribution in [3.05, 3.63) is 82.4 Å². The summed E-state index contributed by atoms with van der Waals surface area (Å²) in [6.45, 7) is 6.34. The zero-order valence-electron chi connectivity index (χ0n) is 18.3. The molecule has 0 bridgehead atoms. The number of alkyl halides is 3. The van der Waals surface area contributed by atoms with E-state index in [1.807, 2.05) is 12.1 Å². The highest BCUT2D eigenvalue weighted by Crippen LogP contribution is 2.36. The van der Waals surface area contributed by atoms with Gasteiger partial charge in [-0.2, -0.15) is 13.2 Å². The van der Waals surface area contributed by atoms with Crippen LogP contribution in [0.2, 0.25) is 5.02 Å². The van der Waals surface area contributed by atoms with Gasteiger partial charge in [0.05, 0.1) is 16.6 Å². The molecule has 0 unspecified atom stereocenters. The van der Waals surface area contributed by atoms with Crippen molar-refractivity contribution in [2.45, 2.75) is 39.0 Å². The minimum atomic E-state index is -4.50. The molecule has 0 saturated carbocycles. The number of benzene rings is 3. The predicted molar refractivity (Wildman–Crippen MR) is 128 cm³/mol. The minimum absolute atomic E-state index is 0. The van der Waals surface area contributed by atoms with Crippen LogP contribution in [0.3, 0.4) is 0 Å². The van der Waals surface area contributed by atoms with Gasteiger partial charge in [0, 0.05) is 16.1 Å². The largest absolute Gasteiger partial charge is 0.488 e. The summed E-state index contributed by atoms with van der Waals surface area (Å²) >= 11 is 6.30. The number of hydrogen-bond donors (Lipinski definition) is 1. The topological polar surface area (TPSA) is 37.9 Å². The zero-order valence-corrected chi connectivity index (χ0v) is 19.8. The van der Waals surface area contributed by atoms with E-state index in [0.29, 0.717) is 16.4 Å². The predicted octanol–water partition coefficient (Wildman–Crippen LogP) is 8.20. The van der Waals surface area contributed by atoms with Crippen LogP contribution in [0.5, 0.6) is 5.75 Å². The van der Waals surface area contributed by atoms with Gasteiger partial charge in [-0.25, -0.2) is 4.98 Å². The first-order valence-electron chi connectivity index (χ1n) is 10.1. The molecule has 0 atom stereocenters. The number of halogens is 5. The molecule has 0 radical (unpaired) electrons. The van der Waals surface area contributed by atoms with E-state index in [1.165, 1.54) is 23.8 Å². The minimum Gasteiger partial charge on any atom is -0.488 e. The molecular weight excluding hydrogens is 472 g/mol. The van der Waals surface area contributed by atoms with Crippen molar-refractivity contribution in [2.24, 2.45) is 0 Å². The van der Waals surface area contributed by atoms with Gasteiger partial charge in [0.25, 0.3) is 0 Å². The van der Waals surface area contributed by atoms with E-state index in [-0.39, 0.29) is 30.2 Å². The SMILES string of the molecule is CC(C)(C)c1ccc2nc(-c3ccc(Cl)c(COc4ccccc4C(F)(F)F)c3)[nH]c2c1.Cl. The van der Waals surface area contributed by atoms with Gasteiger partial charge in [-0.15, -0.1) is 12.4 Å². The van der Waals surface area contributed by atoms with Gasteiger partial charge in [0.15, 0.2) is 0 Å². The first-order chi connectivity index (χ1) is 15.0. The monoisotopic (exact) mass is 494 g/mol. The fourth-order valence-electron chi connectivity index (χ4n) is 3.43. The lowest BCUT2D eigenvalue weighted by atomic mass is 9.87. The van der Waals surface area contributed by atoms with Gasteiger partial charge in [0.2, 0.25) is 0 Å². The number of para-hydroxylation sites is 1. The molecule has 0 saturated heterocycles. The highest BCUT2D eigenvalue weighted by atomic mass is 35.5. The third kappa shape index (κ3) is 5.45. The number of fused-ring (bicyclic) bond motifs is 1. The molecule has 33 heavy (non-hydrogen) atoms. The van der Waals surface area contributed by atoms with Crippen molar-refractivity contribution in [1.29, 1.82) is 0 Å². The van der Waals surface area contributed by atoms with Crippen LogP contribution >= 0.6 is 24.0 Å². The number of nitrogens with one attached hydrogen (secondary N) is 1. The lowest BCUT2D eigenvalue weighted by molar-refractivity contribution is -0.139. The highest BCUT2D eigenvalue weighted by Gasteiger charge is 2.34. The molecular formula is C25H23Cl2F3N2O. The van der Waals surface area contributed by atoms with Crippen molar-refractivity contribution in [3.63, 3.8) is 0 Å². The molecule has 3 nitrogen and oxygen atoms in total. The molecule has 0 aliphatic heterocycles. The second-order valence-corrected chi connectivity index (χ2v) is 9.06. The summed E-state index contributed by atoms with van der Waals surface area (Å²) in [7, 11) is 0. The molecule has 1 aromatic heterocycles. The molecule has 174 valence electrons. The molecule has 0 aliphatic rings. The van der Waals surface area contributed by atoms with Crippen molar-refractivity contribution >= 4 is 35.0 Å². The van der Waals surface area contributed by atoms with Gasteiger partial charge in [0.1, 0.15) is 18.2 Å². The van der Waals surface area contributed by atoms with Crippen LogP contribution in [-0.2, 0) is 18.2 Å². The van der Waals surface area contributed by atoms with Crippen molar-refractivity contribution < 1.29 is 17.9 Å². The smallest absolute Gasteiger partial charge is 0.419 e. The Morgan fingerprint density at radius 1 is 0.970 bits per heavy atom. The summed E-state index contributed by atoms with van der Waals surface area (Å²) in [4.78, 5) is 7.98. The normalized spacial score (nSPS) is 12.0. The zero-order chi connectivity index (χ0) is 23.1. The Balaban J connectivity index is 0.00000306. The fraction of sp³-hybridized carbons (Fsp3) is 0.240. The molecule has 0 aliphatic carbocycles. The molecule has 4 rings (SSSR count). The average Bonchev–Trinajstić information content (AvgIpc) is 3.15. The lowest BCUT2D eigenvalue weighted by Gasteiger charge is -2.18. The molecule has 8 heteroatoms. The Morgan fingerprint density at radius 3 is 2.39 bits per heavy atom. The van der Waals surface area contributed by atoms with Crippen molar-refractivity contribution in [3.8, 4) is 17.1 Å². The number of aromatic amines is 1. The summed E-state index contributed by atoms with van der Waals surface area (Å²) < 4.78 is 45.2. The van der Waals surface area contributed by atoms with Crippen LogP contribution in [0, 0.1) is 0 Å².